The molecule has 0 bridgehead atoms. The molecule has 0 aliphatic heterocycles. The number of furan rings is 1. The number of fused-ring (bicyclic) bond motifs is 1. The van der Waals surface area contributed by atoms with E-state index in [1.54, 1.807) is 29.4 Å². The van der Waals surface area contributed by atoms with Crippen molar-refractivity contribution in [1.82, 2.24) is 4.37 Å². The van der Waals surface area contributed by atoms with E-state index in [1.165, 1.54) is 26.0 Å². The quantitative estimate of drug-likeness (QED) is 0.660. The van der Waals surface area contributed by atoms with Crippen LogP contribution >= 0.6 is 34.6 Å². The number of hydrogen-bond donors (Lipinski definition) is 2. The number of nitrogens with zero attached hydrogens (tertiary/aromatic N) is 1. The van der Waals surface area contributed by atoms with E-state index < -0.39 is 0 Å². The zero-order chi connectivity index (χ0) is 14.8. The summed E-state index contributed by atoms with van der Waals surface area (Å²) in [6, 6.07) is 4.03. The summed E-state index contributed by atoms with van der Waals surface area (Å²) in [6.07, 6.45) is 4.69. The van der Waals surface area contributed by atoms with Crippen molar-refractivity contribution < 1.29 is 4.42 Å². The molecule has 0 aromatic carbocycles. The Labute approximate surface area is 135 Å². The smallest absolute Gasteiger partial charge is 0.127 e. The summed E-state index contributed by atoms with van der Waals surface area (Å²) in [5.74, 6) is 0.925. The lowest BCUT2D eigenvalue weighted by atomic mass is 10.2. The Balaban J connectivity index is 1.88. The zero-order valence-electron chi connectivity index (χ0n) is 11.9. The molecule has 4 nitrogen and oxygen atoms in total. The van der Waals surface area contributed by atoms with Crippen molar-refractivity contribution >= 4 is 49.8 Å². The highest BCUT2D eigenvalue weighted by Gasteiger charge is 2.18. The van der Waals surface area contributed by atoms with Gasteiger partial charge in [0.25, 0.3) is 0 Å². The third kappa shape index (κ3) is 3.11. The molecule has 21 heavy (non-hydrogen) atoms. The lowest BCUT2D eigenvalue weighted by molar-refractivity contribution is 0.518. The van der Waals surface area contributed by atoms with Crippen LogP contribution in [0.1, 0.15) is 17.6 Å². The molecular formula is C14H17N3OS3. The number of thiophene rings is 1. The Bertz CT molecular complexity index is 715. The van der Waals surface area contributed by atoms with Gasteiger partial charge in [-0.25, -0.2) is 0 Å². The number of hydrogen-bond acceptors (Lipinski definition) is 7. The molecular weight excluding hydrogens is 322 g/mol. The number of nitrogens with two attached hydrogens (primary N) is 1. The van der Waals surface area contributed by atoms with Crippen LogP contribution in [-0.2, 0) is 13.0 Å². The third-order valence-electron chi connectivity index (χ3n) is 3.06. The molecule has 0 saturated carbocycles. The van der Waals surface area contributed by atoms with Crippen molar-refractivity contribution in [1.29, 1.82) is 0 Å². The molecule has 1 atom stereocenters. The summed E-state index contributed by atoms with van der Waals surface area (Å²) in [7, 11) is 0. The molecule has 0 aliphatic rings. The fraction of sp³-hybridized carbons (Fsp3) is 0.357. The second-order valence-electron chi connectivity index (χ2n) is 4.86. The van der Waals surface area contributed by atoms with Crippen LogP contribution < -0.4 is 11.1 Å². The Morgan fingerprint density at radius 1 is 1.52 bits per heavy atom. The monoisotopic (exact) mass is 339 g/mol. The number of nitrogens with one attached hydrogen (secondary N) is 1. The van der Waals surface area contributed by atoms with Crippen LogP contribution in [0, 0.1) is 0 Å². The van der Waals surface area contributed by atoms with Crippen molar-refractivity contribution in [2.75, 3.05) is 11.6 Å². The van der Waals surface area contributed by atoms with Crippen molar-refractivity contribution in [3.8, 4) is 0 Å². The van der Waals surface area contributed by atoms with Gasteiger partial charge in [0.15, 0.2) is 0 Å². The Morgan fingerprint density at radius 3 is 3.05 bits per heavy atom. The molecule has 0 amide bonds. The summed E-state index contributed by atoms with van der Waals surface area (Å²) in [5, 5.41) is 4.53. The van der Waals surface area contributed by atoms with Crippen LogP contribution in [0.5, 0.6) is 0 Å². The van der Waals surface area contributed by atoms with Crippen LogP contribution in [0.4, 0.5) is 5.00 Å². The molecule has 112 valence electrons. The average molecular weight is 340 g/mol. The minimum absolute atomic E-state index is 0.168. The van der Waals surface area contributed by atoms with Gasteiger partial charge in [0.05, 0.1) is 17.5 Å². The van der Waals surface area contributed by atoms with Gasteiger partial charge in [-0.3, -0.25) is 0 Å². The molecule has 3 N–H and O–H groups in total. The lowest BCUT2D eigenvalue weighted by Gasteiger charge is -2.04. The van der Waals surface area contributed by atoms with Gasteiger partial charge in [-0.15, -0.1) is 23.1 Å². The van der Waals surface area contributed by atoms with Crippen molar-refractivity contribution in [2.24, 2.45) is 5.73 Å². The predicted molar refractivity (Wildman–Crippen MR) is 92.7 cm³/mol. The average Bonchev–Trinajstić information content (AvgIpc) is 3.12. The van der Waals surface area contributed by atoms with Crippen molar-refractivity contribution in [3.05, 3.63) is 29.0 Å². The Kier molecular flexibility index (Phi) is 4.54. The Hall–Kier alpha value is -1.02. The normalized spacial score (nSPS) is 12.9. The maximum atomic E-state index is 5.95. The van der Waals surface area contributed by atoms with Gasteiger partial charge in [-0.1, -0.05) is 0 Å². The van der Waals surface area contributed by atoms with Crippen molar-refractivity contribution in [2.45, 2.75) is 30.8 Å². The molecule has 3 aromatic heterocycles. The fourth-order valence-corrected chi connectivity index (χ4v) is 5.47. The molecule has 0 spiro atoms. The predicted octanol–water partition coefficient (Wildman–Crippen LogP) is 4.17. The van der Waals surface area contributed by atoms with Gasteiger partial charge < -0.3 is 15.5 Å². The minimum Gasteiger partial charge on any atom is -0.467 e. The van der Waals surface area contributed by atoms with E-state index in [9.17, 15) is 0 Å². The molecule has 0 aliphatic carbocycles. The molecule has 0 fully saturated rings. The van der Waals surface area contributed by atoms with E-state index in [2.05, 4.69) is 15.9 Å². The maximum Gasteiger partial charge on any atom is 0.127 e. The second-order valence-corrected chi connectivity index (χ2v) is 7.56. The molecule has 0 radical (unpaired) electrons. The zero-order valence-corrected chi connectivity index (χ0v) is 14.3. The summed E-state index contributed by atoms with van der Waals surface area (Å²) in [6.45, 7) is 2.72. The first-order valence-corrected chi connectivity index (χ1v) is 9.47. The first-order chi connectivity index (χ1) is 10.2. The van der Waals surface area contributed by atoms with E-state index in [1.807, 2.05) is 19.1 Å². The first kappa shape index (κ1) is 14.9. The van der Waals surface area contributed by atoms with E-state index in [-0.39, 0.29) is 6.04 Å². The first-order valence-electron chi connectivity index (χ1n) is 6.66. The molecule has 0 saturated heterocycles. The van der Waals surface area contributed by atoms with Crippen LogP contribution in [0.3, 0.4) is 0 Å². The van der Waals surface area contributed by atoms with Gasteiger partial charge in [0, 0.05) is 15.8 Å². The highest BCUT2D eigenvalue weighted by Crippen LogP contribution is 2.43. The minimum atomic E-state index is 0.168. The van der Waals surface area contributed by atoms with E-state index in [0.29, 0.717) is 6.54 Å². The van der Waals surface area contributed by atoms with Crippen LogP contribution in [-0.4, -0.2) is 16.7 Å². The van der Waals surface area contributed by atoms with Gasteiger partial charge >= 0.3 is 0 Å². The molecule has 3 aromatic rings. The van der Waals surface area contributed by atoms with E-state index in [4.69, 9.17) is 10.2 Å². The standard InChI is InChI=1S/C14H17N3OS3/c1-8(15)6-10-12(19-2)11-13(20-10)14(21-17-11)16-7-9-4-3-5-18-9/h3-5,8,16H,6-7,15H2,1-2H3/t8-/m0/s1. The molecule has 0 unspecified atom stereocenters. The summed E-state index contributed by atoms with van der Waals surface area (Å²) in [4.78, 5) is 2.61. The number of rotatable bonds is 6. The third-order valence-corrected chi connectivity index (χ3v) is 6.19. The van der Waals surface area contributed by atoms with Crippen molar-refractivity contribution in [3.63, 3.8) is 0 Å². The molecule has 3 rings (SSSR count). The number of thioether (sulfide) groups is 1. The van der Waals surface area contributed by atoms with Gasteiger partial charge in [-0.2, -0.15) is 4.37 Å². The maximum absolute atomic E-state index is 5.95. The van der Waals surface area contributed by atoms with Gasteiger partial charge in [-0.05, 0) is 43.3 Å². The fourth-order valence-electron chi connectivity index (χ4n) is 2.15. The number of anilines is 1. The van der Waals surface area contributed by atoms with Crippen LogP contribution in [0.15, 0.2) is 27.7 Å². The van der Waals surface area contributed by atoms with Crippen LogP contribution in [0.25, 0.3) is 10.2 Å². The number of aromatic nitrogens is 1. The topological polar surface area (TPSA) is 64.1 Å². The Morgan fingerprint density at radius 2 is 2.38 bits per heavy atom. The van der Waals surface area contributed by atoms with Crippen LogP contribution in [0.2, 0.25) is 0 Å². The van der Waals surface area contributed by atoms with Gasteiger partial charge in [0.2, 0.25) is 0 Å². The largest absolute Gasteiger partial charge is 0.467 e. The summed E-state index contributed by atoms with van der Waals surface area (Å²) in [5.41, 5.74) is 7.06. The highest BCUT2D eigenvalue weighted by atomic mass is 32.2. The van der Waals surface area contributed by atoms with E-state index >= 15 is 0 Å². The summed E-state index contributed by atoms with van der Waals surface area (Å²) < 4.78 is 11.2. The SMILES string of the molecule is CSc1c(C[C@H](C)N)sc2c(NCc3ccco3)snc12. The lowest BCUT2D eigenvalue weighted by Crippen LogP contribution is -2.17. The highest BCUT2D eigenvalue weighted by molar-refractivity contribution is 7.99. The van der Waals surface area contributed by atoms with Gasteiger partial charge in [0.1, 0.15) is 16.3 Å². The molecule has 7 heteroatoms. The molecule has 3 heterocycles. The van der Waals surface area contributed by atoms with E-state index in [0.717, 1.165) is 22.7 Å². The second kappa shape index (κ2) is 6.39. The summed E-state index contributed by atoms with van der Waals surface area (Å²) >= 11 is 5.07.